The van der Waals surface area contributed by atoms with E-state index < -0.39 is 11.7 Å². The molecule has 3 aromatic carbocycles. The van der Waals surface area contributed by atoms with Gasteiger partial charge in [-0.05, 0) is 62.2 Å². The van der Waals surface area contributed by atoms with Crippen LogP contribution in [0.1, 0.15) is 31.9 Å². The second-order valence-corrected chi connectivity index (χ2v) is 8.13. The highest BCUT2D eigenvalue weighted by Crippen LogP contribution is 2.41. The summed E-state index contributed by atoms with van der Waals surface area (Å²) in [6, 6.07) is 21.3. The molecule has 0 aromatic heterocycles. The van der Waals surface area contributed by atoms with E-state index >= 15 is 0 Å². The van der Waals surface area contributed by atoms with Gasteiger partial charge in [-0.25, -0.2) is 4.79 Å². The number of amides is 1. The molecule has 32 heavy (non-hydrogen) atoms. The number of ether oxygens (including phenoxy) is 3. The molecule has 1 N–H and O–H groups in total. The summed E-state index contributed by atoms with van der Waals surface area (Å²) in [5, 5.41) is 2.85. The molecule has 5 heteroatoms. The monoisotopic (exact) mass is 429 g/mol. The van der Waals surface area contributed by atoms with E-state index in [9.17, 15) is 4.79 Å². The smallest absolute Gasteiger partial charge is 0.411 e. The Morgan fingerprint density at radius 1 is 1.03 bits per heavy atom. The lowest BCUT2D eigenvalue weighted by molar-refractivity contribution is 0.155. The summed E-state index contributed by atoms with van der Waals surface area (Å²) in [5.41, 5.74) is 3.98. The van der Waals surface area contributed by atoms with Crippen LogP contribution in [-0.2, 0) is 11.3 Å². The Labute approximate surface area is 188 Å². The van der Waals surface area contributed by atoms with Gasteiger partial charge in [-0.3, -0.25) is 5.32 Å². The van der Waals surface area contributed by atoms with E-state index in [1.807, 2.05) is 99.7 Å². The summed E-state index contributed by atoms with van der Waals surface area (Å²) in [6.07, 6.45) is 3.53. The molecule has 0 unspecified atom stereocenters. The molecule has 1 heterocycles. The maximum absolute atomic E-state index is 12.5. The number of fused-ring (bicyclic) bond motifs is 1. The molecule has 3 aromatic rings. The van der Waals surface area contributed by atoms with Crippen molar-refractivity contribution in [3.8, 4) is 22.6 Å². The van der Waals surface area contributed by atoms with Crippen LogP contribution in [0.5, 0.6) is 11.5 Å². The predicted molar refractivity (Wildman–Crippen MR) is 127 cm³/mol. The Hall–Kier alpha value is -3.73. The van der Waals surface area contributed by atoms with Gasteiger partial charge in [0.05, 0.1) is 6.61 Å². The van der Waals surface area contributed by atoms with E-state index in [4.69, 9.17) is 14.2 Å². The molecule has 0 bridgehead atoms. The van der Waals surface area contributed by atoms with Gasteiger partial charge >= 0.3 is 6.09 Å². The van der Waals surface area contributed by atoms with Crippen molar-refractivity contribution in [2.75, 3.05) is 11.9 Å². The van der Waals surface area contributed by atoms with Crippen LogP contribution < -0.4 is 14.8 Å². The number of hydrogen-bond donors (Lipinski definition) is 1. The summed E-state index contributed by atoms with van der Waals surface area (Å²) >= 11 is 0. The number of anilines is 1. The molecule has 0 aliphatic carbocycles. The highest BCUT2D eigenvalue weighted by Gasteiger charge is 2.25. The lowest BCUT2D eigenvalue weighted by atomic mass is 9.95. The Morgan fingerprint density at radius 2 is 1.78 bits per heavy atom. The van der Waals surface area contributed by atoms with Gasteiger partial charge in [0, 0.05) is 16.8 Å². The first kappa shape index (κ1) is 21.5. The zero-order chi connectivity index (χ0) is 22.6. The number of hydrogen-bond acceptors (Lipinski definition) is 4. The van der Waals surface area contributed by atoms with Crippen LogP contribution in [0, 0.1) is 0 Å². The molecular formula is C27H27NO4. The van der Waals surface area contributed by atoms with Gasteiger partial charge in [0.15, 0.2) is 0 Å². The van der Waals surface area contributed by atoms with Crippen molar-refractivity contribution >= 4 is 17.9 Å². The first-order chi connectivity index (χ1) is 15.4. The SMILES string of the molecule is CCOc1ccc(COC(=O)Nc2cc3c(c(-c4ccccc4)c2)OC(C)(C)C=C3)cc1. The zero-order valence-corrected chi connectivity index (χ0v) is 18.6. The molecule has 0 fully saturated rings. The third-order valence-corrected chi connectivity index (χ3v) is 5.08. The van der Waals surface area contributed by atoms with Crippen molar-refractivity contribution in [1.82, 2.24) is 0 Å². The van der Waals surface area contributed by atoms with Crippen LogP contribution in [0.3, 0.4) is 0 Å². The third-order valence-electron chi connectivity index (χ3n) is 5.08. The predicted octanol–water partition coefficient (Wildman–Crippen LogP) is 6.69. The normalized spacial score (nSPS) is 13.6. The number of rotatable bonds is 6. The van der Waals surface area contributed by atoms with Crippen molar-refractivity contribution in [3.63, 3.8) is 0 Å². The first-order valence-corrected chi connectivity index (χ1v) is 10.7. The van der Waals surface area contributed by atoms with Crippen LogP contribution in [0.15, 0.2) is 72.8 Å². The number of carbonyl (C=O) groups is 1. The van der Waals surface area contributed by atoms with Crippen molar-refractivity contribution in [1.29, 1.82) is 0 Å². The maximum atomic E-state index is 12.5. The number of carbonyl (C=O) groups excluding carboxylic acids is 1. The minimum absolute atomic E-state index is 0.173. The second kappa shape index (κ2) is 9.18. The van der Waals surface area contributed by atoms with Crippen molar-refractivity contribution in [2.24, 2.45) is 0 Å². The number of nitrogens with one attached hydrogen (secondary N) is 1. The fourth-order valence-electron chi connectivity index (χ4n) is 3.53. The maximum Gasteiger partial charge on any atom is 0.411 e. The summed E-state index contributed by atoms with van der Waals surface area (Å²) in [6.45, 7) is 6.76. The lowest BCUT2D eigenvalue weighted by Gasteiger charge is -2.30. The Bertz CT molecular complexity index is 1120. The average Bonchev–Trinajstić information content (AvgIpc) is 2.79. The molecule has 0 saturated carbocycles. The lowest BCUT2D eigenvalue weighted by Crippen LogP contribution is -2.28. The summed E-state index contributed by atoms with van der Waals surface area (Å²) < 4.78 is 17.1. The molecule has 164 valence electrons. The molecule has 0 spiro atoms. The minimum Gasteiger partial charge on any atom is -0.494 e. The first-order valence-electron chi connectivity index (χ1n) is 10.7. The molecule has 1 amide bonds. The molecule has 0 radical (unpaired) electrons. The summed E-state index contributed by atoms with van der Waals surface area (Å²) in [7, 11) is 0. The highest BCUT2D eigenvalue weighted by molar-refractivity contribution is 5.89. The van der Waals surface area contributed by atoms with Crippen LogP contribution in [0.4, 0.5) is 10.5 Å². The molecule has 1 aliphatic rings. The van der Waals surface area contributed by atoms with Crippen LogP contribution in [-0.4, -0.2) is 18.3 Å². The molecule has 4 rings (SSSR count). The van der Waals surface area contributed by atoms with Crippen LogP contribution in [0.2, 0.25) is 0 Å². The molecule has 1 aliphatic heterocycles. The van der Waals surface area contributed by atoms with Crippen LogP contribution >= 0.6 is 0 Å². The summed E-state index contributed by atoms with van der Waals surface area (Å²) in [4.78, 5) is 12.5. The van der Waals surface area contributed by atoms with E-state index in [0.717, 1.165) is 33.8 Å². The van der Waals surface area contributed by atoms with Crippen LogP contribution in [0.25, 0.3) is 17.2 Å². The average molecular weight is 430 g/mol. The van der Waals surface area contributed by atoms with Crippen molar-refractivity contribution in [2.45, 2.75) is 33.0 Å². The fourth-order valence-corrected chi connectivity index (χ4v) is 3.53. The van der Waals surface area contributed by atoms with Gasteiger partial charge in [-0.15, -0.1) is 0 Å². The van der Waals surface area contributed by atoms with E-state index in [2.05, 4.69) is 5.32 Å². The molecule has 5 nitrogen and oxygen atoms in total. The van der Waals surface area contributed by atoms with Crippen molar-refractivity contribution in [3.05, 3.63) is 83.9 Å². The van der Waals surface area contributed by atoms with E-state index in [1.54, 1.807) is 0 Å². The zero-order valence-electron chi connectivity index (χ0n) is 18.6. The Kier molecular flexibility index (Phi) is 6.17. The topological polar surface area (TPSA) is 56.8 Å². The fraction of sp³-hybridized carbons (Fsp3) is 0.222. The van der Waals surface area contributed by atoms with E-state index in [-0.39, 0.29) is 6.61 Å². The molecule has 0 atom stereocenters. The van der Waals surface area contributed by atoms with Crippen molar-refractivity contribution < 1.29 is 19.0 Å². The Morgan fingerprint density at radius 3 is 2.50 bits per heavy atom. The highest BCUT2D eigenvalue weighted by atomic mass is 16.5. The quantitative estimate of drug-likeness (QED) is 0.474. The minimum atomic E-state index is -0.515. The van der Waals surface area contributed by atoms with E-state index in [1.165, 1.54) is 0 Å². The van der Waals surface area contributed by atoms with Gasteiger partial charge in [-0.1, -0.05) is 48.5 Å². The standard InChI is InChI=1S/C27H27NO4/c1-4-30-23-12-10-19(11-13-23)18-31-26(29)28-22-16-21-14-15-27(2,3)32-25(21)24(17-22)20-8-6-5-7-9-20/h5-17H,4,18H2,1-3H3,(H,28,29). The summed E-state index contributed by atoms with van der Waals surface area (Å²) in [5.74, 6) is 1.60. The largest absolute Gasteiger partial charge is 0.494 e. The second-order valence-electron chi connectivity index (χ2n) is 8.13. The Balaban J connectivity index is 1.51. The van der Waals surface area contributed by atoms with Gasteiger partial charge in [0.1, 0.15) is 23.7 Å². The number of benzene rings is 3. The third kappa shape index (κ3) is 5.11. The van der Waals surface area contributed by atoms with E-state index in [0.29, 0.717) is 12.3 Å². The van der Waals surface area contributed by atoms with Gasteiger partial charge in [0.2, 0.25) is 0 Å². The van der Waals surface area contributed by atoms with Gasteiger partial charge in [0.25, 0.3) is 0 Å². The molecular weight excluding hydrogens is 402 g/mol. The molecule has 0 saturated heterocycles. The van der Waals surface area contributed by atoms with Gasteiger partial charge in [-0.2, -0.15) is 0 Å². The van der Waals surface area contributed by atoms with Gasteiger partial charge < -0.3 is 14.2 Å².